The molecule has 146 valence electrons. The Morgan fingerprint density at radius 1 is 1.15 bits per heavy atom. The minimum absolute atomic E-state index is 0.111. The highest BCUT2D eigenvalue weighted by molar-refractivity contribution is 7.92. The van der Waals surface area contributed by atoms with Crippen molar-refractivity contribution in [2.24, 2.45) is 0 Å². The lowest BCUT2D eigenvalue weighted by atomic mass is 10.0. The molecular weight excluding hydrogens is 367 g/mol. The summed E-state index contributed by atoms with van der Waals surface area (Å²) in [5.74, 6) is -1.03. The van der Waals surface area contributed by atoms with Crippen molar-refractivity contribution < 1.29 is 17.6 Å². The van der Waals surface area contributed by atoms with E-state index in [1.54, 1.807) is 0 Å². The third-order valence-corrected chi connectivity index (χ3v) is 5.64. The quantitative estimate of drug-likeness (QED) is 0.785. The number of hydrogen-bond acceptors (Lipinski definition) is 3. The molecule has 27 heavy (non-hydrogen) atoms. The van der Waals surface area contributed by atoms with Crippen molar-refractivity contribution in [1.82, 2.24) is 5.32 Å². The summed E-state index contributed by atoms with van der Waals surface area (Å²) in [4.78, 5) is 12.7. The number of nitrogens with one attached hydrogen (secondary N) is 1. The van der Waals surface area contributed by atoms with Crippen LogP contribution in [0.25, 0.3) is 0 Å². The molecule has 5 nitrogen and oxygen atoms in total. The summed E-state index contributed by atoms with van der Waals surface area (Å²) in [6.07, 6.45) is 1.92. The molecule has 0 fully saturated rings. The van der Waals surface area contributed by atoms with Gasteiger partial charge < -0.3 is 5.32 Å². The number of carbonyl (C=O) groups is 1. The van der Waals surface area contributed by atoms with Gasteiger partial charge in [-0.2, -0.15) is 0 Å². The second-order valence-corrected chi connectivity index (χ2v) is 8.40. The molecule has 0 aliphatic rings. The van der Waals surface area contributed by atoms with E-state index in [2.05, 4.69) is 12.2 Å². The summed E-state index contributed by atoms with van der Waals surface area (Å²) in [6.45, 7) is 5.38. The van der Waals surface area contributed by atoms with E-state index in [1.165, 1.54) is 30.7 Å². The van der Waals surface area contributed by atoms with Gasteiger partial charge in [-0.05, 0) is 49.6 Å². The normalized spacial score (nSPS) is 13.7. The summed E-state index contributed by atoms with van der Waals surface area (Å²) in [6, 6.07) is 11.7. The lowest BCUT2D eigenvalue weighted by Gasteiger charge is -2.29. The second kappa shape index (κ2) is 8.52. The van der Waals surface area contributed by atoms with Crippen molar-refractivity contribution >= 4 is 21.6 Å². The molecule has 0 radical (unpaired) electrons. The van der Waals surface area contributed by atoms with E-state index in [1.807, 2.05) is 31.2 Å². The molecule has 0 saturated heterocycles. The zero-order chi connectivity index (χ0) is 20.2. The van der Waals surface area contributed by atoms with E-state index in [9.17, 15) is 17.6 Å². The third kappa shape index (κ3) is 5.29. The monoisotopic (exact) mass is 392 g/mol. The van der Waals surface area contributed by atoms with Crippen molar-refractivity contribution in [3.8, 4) is 0 Å². The van der Waals surface area contributed by atoms with Gasteiger partial charge in [0.05, 0.1) is 18.0 Å². The van der Waals surface area contributed by atoms with Crippen LogP contribution in [0.2, 0.25) is 0 Å². The zero-order valence-corrected chi connectivity index (χ0v) is 16.8. The Labute approximate surface area is 160 Å². The Bertz CT molecular complexity index is 898. The fraction of sp³-hybridized carbons (Fsp3) is 0.350. The average Bonchev–Trinajstić information content (AvgIpc) is 2.60. The van der Waals surface area contributed by atoms with Gasteiger partial charge in [0.25, 0.3) is 0 Å². The van der Waals surface area contributed by atoms with Crippen molar-refractivity contribution in [2.75, 3.05) is 10.6 Å². The first-order valence-electron chi connectivity index (χ1n) is 8.77. The van der Waals surface area contributed by atoms with Gasteiger partial charge in [-0.1, -0.05) is 37.3 Å². The van der Waals surface area contributed by atoms with Crippen molar-refractivity contribution in [1.29, 1.82) is 0 Å². The van der Waals surface area contributed by atoms with Crippen LogP contribution in [0, 0.1) is 5.82 Å². The van der Waals surface area contributed by atoms with Gasteiger partial charge in [-0.15, -0.1) is 0 Å². The first kappa shape index (κ1) is 20.9. The molecule has 1 amide bonds. The molecule has 0 bridgehead atoms. The molecule has 0 heterocycles. The molecule has 2 aromatic carbocycles. The second-order valence-electron chi connectivity index (χ2n) is 6.54. The number of sulfonamides is 1. The number of carbonyl (C=O) groups excluding carboxylic acids is 1. The molecule has 1 N–H and O–H groups in total. The summed E-state index contributed by atoms with van der Waals surface area (Å²) in [7, 11) is -3.78. The van der Waals surface area contributed by atoms with E-state index in [0.29, 0.717) is 0 Å². The average molecular weight is 392 g/mol. The number of rotatable bonds is 7. The first-order chi connectivity index (χ1) is 12.6. The number of anilines is 1. The largest absolute Gasteiger partial charge is 0.348 e. The number of amides is 1. The molecule has 7 heteroatoms. The van der Waals surface area contributed by atoms with E-state index < -0.39 is 27.8 Å². The number of nitrogens with zero attached hydrogens (tertiary/aromatic N) is 1. The smallest absolute Gasteiger partial charge is 0.244 e. The van der Waals surface area contributed by atoms with Crippen LogP contribution in [0.15, 0.2) is 48.5 Å². The summed E-state index contributed by atoms with van der Waals surface area (Å²) >= 11 is 0. The highest BCUT2D eigenvalue weighted by Crippen LogP contribution is 2.22. The Hall–Kier alpha value is -2.41. The van der Waals surface area contributed by atoms with Gasteiger partial charge >= 0.3 is 0 Å². The fourth-order valence-electron chi connectivity index (χ4n) is 2.88. The van der Waals surface area contributed by atoms with Gasteiger partial charge in [0.1, 0.15) is 11.9 Å². The van der Waals surface area contributed by atoms with Crippen LogP contribution in [-0.4, -0.2) is 26.6 Å². The maximum absolute atomic E-state index is 13.6. The summed E-state index contributed by atoms with van der Waals surface area (Å²) < 4.78 is 39.0. The lowest BCUT2D eigenvalue weighted by molar-refractivity contribution is -0.122. The highest BCUT2D eigenvalue weighted by atomic mass is 32.2. The van der Waals surface area contributed by atoms with Gasteiger partial charge in [-0.3, -0.25) is 9.10 Å². The van der Waals surface area contributed by atoms with Crippen LogP contribution in [0.5, 0.6) is 0 Å². The molecule has 0 aliphatic heterocycles. The molecule has 0 spiro atoms. The fourth-order valence-corrected chi connectivity index (χ4v) is 4.05. The van der Waals surface area contributed by atoms with Crippen LogP contribution in [0.4, 0.5) is 10.1 Å². The van der Waals surface area contributed by atoms with E-state index >= 15 is 0 Å². The number of halogens is 1. The molecule has 2 atom stereocenters. The van der Waals surface area contributed by atoms with Crippen LogP contribution >= 0.6 is 0 Å². The number of aryl methyl sites for hydroxylation is 1. The predicted molar refractivity (Wildman–Crippen MR) is 106 cm³/mol. The van der Waals surface area contributed by atoms with Gasteiger partial charge in [-0.25, -0.2) is 12.8 Å². The first-order valence-corrected chi connectivity index (χ1v) is 10.6. The van der Waals surface area contributed by atoms with Crippen LogP contribution in [0.3, 0.4) is 0 Å². The molecule has 2 aromatic rings. The molecule has 0 saturated carbocycles. The number of hydrogen-bond donors (Lipinski definition) is 1. The summed E-state index contributed by atoms with van der Waals surface area (Å²) in [5, 5.41) is 2.83. The summed E-state index contributed by atoms with van der Waals surface area (Å²) in [5.41, 5.74) is 2.23. The minimum Gasteiger partial charge on any atom is -0.348 e. The van der Waals surface area contributed by atoms with Crippen molar-refractivity contribution in [3.63, 3.8) is 0 Å². The minimum atomic E-state index is -3.78. The predicted octanol–water partition coefficient (Wildman–Crippen LogP) is 3.42. The maximum atomic E-state index is 13.6. The Morgan fingerprint density at radius 2 is 1.78 bits per heavy atom. The molecular formula is C20H25FN2O3S. The Morgan fingerprint density at radius 3 is 2.30 bits per heavy atom. The van der Waals surface area contributed by atoms with E-state index in [0.717, 1.165) is 28.6 Å². The molecule has 0 aliphatic carbocycles. The number of benzene rings is 2. The van der Waals surface area contributed by atoms with Gasteiger partial charge in [0.2, 0.25) is 15.9 Å². The topological polar surface area (TPSA) is 66.5 Å². The standard InChI is InChI=1S/C20H25FN2O3S/c1-5-16-9-11-17(12-10-16)14(2)22-20(24)15(3)23(27(4,25)26)19-8-6-7-18(21)13-19/h6-15H,5H2,1-4H3,(H,22,24)/t14-,15-/m1/s1. The van der Waals surface area contributed by atoms with Gasteiger partial charge in [0, 0.05) is 0 Å². The van der Waals surface area contributed by atoms with Crippen molar-refractivity contribution in [2.45, 2.75) is 39.3 Å². The molecule has 0 unspecified atom stereocenters. The van der Waals surface area contributed by atoms with Crippen LogP contribution in [-0.2, 0) is 21.2 Å². The Balaban J connectivity index is 2.21. The Kier molecular flexibility index (Phi) is 6.59. The van der Waals surface area contributed by atoms with Crippen molar-refractivity contribution in [3.05, 3.63) is 65.5 Å². The van der Waals surface area contributed by atoms with E-state index in [-0.39, 0.29) is 11.7 Å². The highest BCUT2D eigenvalue weighted by Gasteiger charge is 2.30. The maximum Gasteiger partial charge on any atom is 0.244 e. The van der Waals surface area contributed by atoms with Crippen LogP contribution in [0.1, 0.15) is 37.9 Å². The zero-order valence-electron chi connectivity index (χ0n) is 15.9. The van der Waals surface area contributed by atoms with E-state index in [4.69, 9.17) is 0 Å². The van der Waals surface area contributed by atoms with Crippen LogP contribution < -0.4 is 9.62 Å². The van der Waals surface area contributed by atoms with Gasteiger partial charge in [0.15, 0.2) is 0 Å². The molecule has 2 rings (SSSR count). The lowest BCUT2D eigenvalue weighted by Crippen LogP contribution is -2.48. The third-order valence-electron chi connectivity index (χ3n) is 4.40. The molecule has 0 aromatic heterocycles. The SMILES string of the molecule is CCc1ccc([C@@H](C)NC(=O)[C@@H](C)N(c2cccc(F)c2)S(C)(=O)=O)cc1.